The highest BCUT2D eigenvalue weighted by Crippen LogP contribution is 2.33. The molecule has 1 atom stereocenters. The standard InChI is InChI=1S/C22H18F4N4O2.C20H17FN4O2/c23-17-9-13(5-6-16(17)18-10-29-20(27)11-28-18)14-3-1-2-4-15(14)21(31)30-7-8-32-19(12-30)22(24,25)26;21-17-7-12(5-6-16(17)18-8-24-19(22)9-23-18)14-3-1-2-4-15(14)20(27)25-10-13(26)11-25/h1-6,9-11,19H,7-8,12H2,(H2,27,29);1-9,13,26H,10-11H2,(H2,22,24). The van der Waals surface area contributed by atoms with Gasteiger partial charge in [-0.05, 0) is 58.7 Å². The summed E-state index contributed by atoms with van der Waals surface area (Å²) in [6, 6.07) is 22.5. The number of likely N-dealkylation sites (tertiary alicyclic amines) is 1. The summed E-state index contributed by atoms with van der Waals surface area (Å²) in [5.74, 6) is -1.34. The molecule has 0 bridgehead atoms. The molecular weight excluding hydrogens is 776 g/mol. The maximum absolute atomic E-state index is 14.9. The predicted octanol–water partition coefficient (Wildman–Crippen LogP) is 6.28. The summed E-state index contributed by atoms with van der Waals surface area (Å²) in [7, 11) is 0. The number of anilines is 2. The number of nitrogens with zero attached hydrogens (tertiary/aromatic N) is 6. The number of hydrogen-bond acceptors (Lipinski definition) is 10. The number of morpholine rings is 1. The maximum atomic E-state index is 14.9. The smallest absolute Gasteiger partial charge is 0.389 e. The minimum absolute atomic E-state index is 0.0306. The number of halogens is 5. The van der Waals surface area contributed by atoms with Crippen LogP contribution in [0.5, 0.6) is 0 Å². The first kappa shape index (κ1) is 40.4. The summed E-state index contributed by atoms with van der Waals surface area (Å²) in [5.41, 5.74) is 14.9. The largest absolute Gasteiger partial charge is 0.416 e. The number of ether oxygens (including phenoxy) is 1. The van der Waals surface area contributed by atoms with Gasteiger partial charge in [-0.15, -0.1) is 0 Å². The first-order valence-electron chi connectivity index (χ1n) is 18.2. The first-order chi connectivity index (χ1) is 28.3. The molecule has 4 heterocycles. The molecule has 0 saturated carbocycles. The van der Waals surface area contributed by atoms with Crippen LogP contribution in [0.1, 0.15) is 20.7 Å². The Hall–Kier alpha value is -6.85. The van der Waals surface area contributed by atoms with Gasteiger partial charge in [0.1, 0.15) is 23.3 Å². The Morgan fingerprint density at radius 1 is 0.644 bits per heavy atom. The highest BCUT2D eigenvalue weighted by atomic mass is 19.4. The third-order valence-corrected chi connectivity index (χ3v) is 9.64. The van der Waals surface area contributed by atoms with E-state index in [1.165, 1.54) is 49.1 Å². The van der Waals surface area contributed by atoms with E-state index in [-0.39, 0.29) is 41.8 Å². The fraction of sp³-hybridized carbons (Fsp3) is 0.190. The van der Waals surface area contributed by atoms with Crippen LogP contribution >= 0.6 is 0 Å². The molecule has 2 aliphatic heterocycles. The number of β-amino-alcohol motifs (C(OH)–C–C–N with tert-alkyl or cyclic N) is 1. The highest BCUT2D eigenvalue weighted by molar-refractivity contribution is 6.02. The van der Waals surface area contributed by atoms with E-state index in [1.54, 1.807) is 65.6 Å². The monoisotopic (exact) mass is 810 g/mol. The number of nitrogen functional groups attached to an aromatic ring is 2. The molecule has 6 aromatic rings. The van der Waals surface area contributed by atoms with Crippen LogP contribution in [0.3, 0.4) is 0 Å². The third-order valence-electron chi connectivity index (χ3n) is 9.64. The van der Waals surface area contributed by atoms with Gasteiger partial charge in [-0.25, -0.2) is 18.7 Å². The van der Waals surface area contributed by atoms with Crippen LogP contribution in [0.4, 0.5) is 33.6 Å². The number of rotatable bonds is 6. The number of aliphatic hydroxyl groups is 1. The van der Waals surface area contributed by atoms with Crippen LogP contribution in [0.15, 0.2) is 110 Å². The van der Waals surface area contributed by atoms with Crippen molar-refractivity contribution in [1.29, 1.82) is 0 Å². The molecule has 302 valence electrons. The lowest BCUT2D eigenvalue weighted by Gasteiger charge is -2.36. The molecule has 2 aliphatic rings. The summed E-state index contributed by atoms with van der Waals surface area (Å²) >= 11 is 0. The minimum atomic E-state index is -4.57. The average Bonchev–Trinajstić information content (AvgIpc) is 3.23. The Morgan fingerprint density at radius 2 is 1.12 bits per heavy atom. The summed E-state index contributed by atoms with van der Waals surface area (Å²) in [6.07, 6.45) is -1.63. The fourth-order valence-corrected chi connectivity index (χ4v) is 6.57. The molecule has 2 fully saturated rings. The predicted molar refractivity (Wildman–Crippen MR) is 208 cm³/mol. The lowest BCUT2D eigenvalue weighted by molar-refractivity contribution is -0.233. The number of aromatic nitrogens is 4. The Morgan fingerprint density at radius 3 is 1.54 bits per heavy atom. The number of amides is 2. The summed E-state index contributed by atoms with van der Waals surface area (Å²) in [6.45, 7) is -0.154. The van der Waals surface area contributed by atoms with Gasteiger partial charge in [0, 0.05) is 41.9 Å². The van der Waals surface area contributed by atoms with E-state index in [4.69, 9.17) is 16.2 Å². The molecule has 0 aliphatic carbocycles. The van der Waals surface area contributed by atoms with Crippen molar-refractivity contribution in [3.05, 3.63) is 132 Å². The molecule has 8 rings (SSSR count). The van der Waals surface area contributed by atoms with Crippen LogP contribution in [0.25, 0.3) is 44.8 Å². The fourth-order valence-electron chi connectivity index (χ4n) is 6.57. The van der Waals surface area contributed by atoms with E-state index in [1.807, 2.05) is 0 Å². The van der Waals surface area contributed by atoms with Crippen molar-refractivity contribution >= 4 is 23.5 Å². The van der Waals surface area contributed by atoms with Crippen molar-refractivity contribution in [2.75, 3.05) is 44.3 Å². The Bertz CT molecular complexity index is 2480. The summed E-state index contributed by atoms with van der Waals surface area (Å²) in [4.78, 5) is 44.4. The van der Waals surface area contributed by atoms with Crippen LogP contribution in [-0.4, -0.2) is 97.8 Å². The molecule has 4 aromatic carbocycles. The lowest BCUT2D eigenvalue weighted by atomic mass is 9.96. The molecule has 1 unspecified atom stereocenters. The molecule has 2 amide bonds. The zero-order chi connectivity index (χ0) is 41.8. The van der Waals surface area contributed by atoms with Crippen molar-refractivity contribution in [2.24, 2.45) is 0 Å². The number of aliphatic hydroxyl groups excluding tert-OH is 1. The Balaban J connectivity index is 0.000000181. The van der Waals surface area contributed by atoms with Crippen molar-refractivity contribution in [3.8, 4) is 44.8 Å². The second-order valence-electron chi connectivity index (χ2n) is 13.6. The number of hydrogen-bond donors (Lipinski definition) is 3. The van der Waals surface area contributed by atoms with Crippen LogP contribution in [-0.2, 0) is 4.74 Å². The van der Waals surface area contributed by atoms with E-state index in [0.717, 1.165) is 4.90 Å². The van der Waals surface area contributed by atoms with Crippen LogP contribution in [0.2, 0.25) is 0 Å². The number of alkyl halides is 3. The molecule has 17 heteroatoms. The number of carbonyl (C=O) groups is 2. The molecule has 2 aromatic heterocycles. The van der Waals surface area contributed by atoms with Crippen molar-refractivity contribution < 1.29 is 41.4 Å². The van der Waals surface area contributed by atoms with E-state index in [0.29, 0.717) is 57.9 Å². The highest BCUT2D eigenvalue weighted by Gasteiger charge is 2.44. The van der Waals surface area contributed by atoms with E-state index >= 15 is 0 Å². The number of nitrogens with two attached hydrogens (primary N) is 2. The van der Waals surface area contributed by atoms with Gasteiger partial charge in [0.25, 0.3) is 11.8 Å². The van der Waals surface area contributed by atoms with E-state index < -0.39 is 42.5 Å². The summed E-state index contributed by atoms with van der Waals surface area (Å²) in [5, 5.41) is 9.43. The van der Waals surface area contributed by atoms with Gasteiger partial charge < -0.3 is 31.1 Å². The zero-order valence-electron chi connectivity index (χ0n) is 31.0. The van der Waals surface area contributed by atoms with Gasteiger partial charge in [-0.2, -0.15) is 13.2 Å². The topological polar surface area (TPSA) is 174 Å². The first-order valence-corrected chi connectivity index (χ1v) is 18.2. The molecule has 0 radical (unpaired) electrons. The van der Waals surface area contributed by atoms with Gasteiger partial charge in [0.05, 0.1) is 55.4 Å². The minimum Gasteiger partial charge on any atom is -0.389 e. The molecule has 5 N–H and O–H groups in total. The molecule has 59 heavy (non-hydrogen) atoms. The molecule has 2 saturated heterocycles. The average molecular weight is 811 g/mol. The van der Waals surface area contributed by atoms with Crippen molar-refractivity contribution in [2.45, 2.75) is 18.4 Å². The van der Waals surface area contributed by atoms with Gasteiger partial charge in [-0.1, -0.05) is 48.5 Å². The van der Waals surface area contributed by atoms with Crippen molar-refractivity contribution in [3.63, 3.8) is 0 Å². The normalized spacial score (nSPS) is 15.5. The van der Waals surface area contributed by atoms with Crippen molar-refractivity contribution in [1.82, 2.24) is 29.7 Å². The molecule has 12 nitrogen and oxygen atoms in total. The SMILES string of the molecule is Nc1cnc(-c2ccc(-c3ccccc3C(=O)N3CC(O)C3)cc2F)cn1.Nc1cnc(-c2ccc(-c3ccccc3C(=O)N3CCOC(C(F)(F)F)C3)cc2F)cn1. The van der Waals surface area contributed by atoms with Crippen LogP contribution in [0, 0.1) is 11.6 Å². The second kappa shape index (κ2) is 16.9. The molecule has 0 spiro atoms. The number of benzene rings is 4. The quantitative estimate of drug-likeness (QED) is 0.163. The van der Waals surface area contributed by atoms with Crippen LogP contribution < -0.4 is 11.5 Å². The Kier molecular flexibility index (Phi) is 11.6. The lowest BCUT2D eigenvalue weighted by Crippen LogP contribution is -2.53. The van der Waals surface area contributed by atoms with Gasteiger partial charge in [-0.3, -0.25) is 19.6 Å². The maximum Gasteiger partial charge on any atom is 0.416 e. The second-order valence-corrected chi connectivity index (χ2v) is 13.6. The van der Waals surface area contributed by atoms with E-state index in [9.17, 15) is 36.6 Å². The third kappa shape index (κ3) is 9.00. The Labute approximate surface area is 333 Å². The van der Waals surface area contributed by atoms with Gasteiger partial charge in [0.15, 0.2) is 6.10 Å². The molecular formula is C42H35F5N8O4. The number of carbonyl (C=O) groups excluding carboxylic acids is 2. The van der Waals surface area contributed by atoms with Gasteiger partial charge >= 0.3 is 6.18 Å². The summed E-state index contributed by atoms with van der Waals surface area (Å²) < 4.78 is 73.5. The zero-order valence-corrected chi connectivity index (χ0v) is 31.0. The van der Waals surface area contributed by atoms with Gasteiger partial charge in [0.2, 0.25) is 0 Å². The van der Waals surface area contributed by atoms with E-state index in [2.05, 4.69) is 19.9 Å².